The Bertz CT molecular complexity index is 363. The van der Waals surface area contributed by atoms with Crippen LogP contribution in [0, 0.1) is 5.82 Å². The molecule has 0 aliphatic carbocycles. The summed E-state index contributed by atoms with van der Waals surface area (Å²) in [6, 6.07) is 6.28. The molecular formula is C14H20FNO2. The highest BCUT2D eigenvalue weighted by Gasteiger charge is 2.25. The van der Waals surface area contributed by atoms with Gasteiger partial charge in [-0.15, -0.1) is 0 Å². The van der Waals surface area contributed by atoms with Crippen molar-refractivity contribution in [1.82, 2.24) is 0 Å². The Kier molecular flexibility index (Phi) is 4.69. The van der Waals surface area contributed by atoms with Gasteiger partial charge in [-0.05, 0) is 30.5 Å². The van der Waals surface area contributed by atoms with Crippen molar-refractivity contribution in [2.75, 3.05) is 13.2 Å². The fourth-order valence-electron chi connectivity index (χ4n) is 2.12. The number of hydrogen-bond donors (Lipinski definition) is 1. The van der Waals surface area contributed by atoms with Crippen LogP contribution in [0.2, 0.25) is 0 Å². The molecule has 3 atom stereocenters. The molecular weight excluding hydrogens is 233 g/mol. The lowest BCUT2D eigenvalue weighted by Crippen LogP contribution is -2.32. The third kappa shape index (κ3) is 3.28. The largest absolute Gasteiger partial charge is 0.379 e. The van der Waals surface area contributed by atoms with Gasteiger partial charge in [-0.25, -0.2) is 4.39 Å². The van der Waals surface area contributed by atoms with Crippen LogP contribution in [0.15, 0.2) is 24.3 Å². The van der Waals surface area contributed by atoms with E-state index >= 15 is 0 Å². The van der Waals surface area contributed by atoms with Crippen molar-refractivity contribution in [1.29, 1.82) is 0 Å². The van der Waals surface area contributed by atoms with Gasteiger partial charge in [0.2, 0.25) is 0 Å². The molecule has 1 saturated heterocycles. The average molecular weight is 253 g/mol. The van der Waals surface area contributed by atoms with Gasteiger partial charge in [0.15, 0.2) is 0 Å². The maximum atomic E-state index is 12.9. The fourth-order valence-corrected chi connectivity index (χ4v) is 2.12. The Hall–Kier alpha value is -0.970. The molecule has 0 radical (unpaired) electrons. The molecule has 3 nitrogen and oxygen atoms in total. The second kappa shape index (κ2) is 6.27. The molecule has 0 spiro atoms. The van der Waals surface area contributed by atoms with Crippen molar-refractivity contribution in [3.05, 3.63) is 35.6 Å². The van der Waals surface area contributed by atoms with E-state index in [-0.39, 0.29) is 24.1 Å². The highest BCUT2D eigenvalue weighted by molar-refractivity contribution is 5.20. The van der Waals surface area contributed by atoms with Gasteiger partial charge in [0.25, 0.3) is 0 Å². The Morgan fingerprint density at radius 2 is 2.17 bits per heavy atom. The summed E-state index contributed by atoms with van der Waals surface area (Å²) >= 11 is 0. The first-order valence-corrected chi connectivity index (χ1v) is 6.45. The molecule has 100 valence electrons. The molecule has 4 heteroatoms. The zero-order valence-corrected chi connectivity index (χ0v) is 10.6. The van der Waals surface area contributed by atoms with Crippen molar-refractivity contribution in [3.8, 4) is 0 Å². The first-order chi connectivity index (χ1) is 8.70. The summed E-state index contributed by atoms with van der Waals surface area (Å²) in [6.07, 6.45) is 1.61. The van der Waals surface area contributed by atoms with Crippen LogP contribution in [-0.4, -0.2) is 25.4 Å². The lowest BCUT2D eigenvalue weighted by atomic mass is 10.0. The molecule has 0 bridgehead atoms. The van der Waals surface area contributed by atoms with Gasteiger partial charge in [0, 0.05) is 12.6 Å². The second-order valence-corrected chi connectivity index (χ2v) is 4.67. The van der Waals surface area contributed by atoms with Gasteiger partial charge in [-0.1, -0.05) is 19.1 Å². The summed E-state index contributed by atoms with van der Waals surface area (Å²) in [7, 11) is 0. The van der Waals surface area contributed by atoms with Crippen LogP contribution in [0.5, 0.6) is 0 Å². The quantitative estimate of drug-likeness (QED) is 0.876. The van der Waals surface area contributed by atoms with E-state index in [1.807, 2.05) is 6.92 Å². The van der Waals surface area contributed by atoms with Gasteiger partial charge in [-0.2, -0.15) is 0 Å². The van der Waals surface area contributed by atoms with E-state index < -0.39 is 0 Å². The maximum Gasteiger partial charge on any atom is 0.123 e. The highest BCUT2D eigenvalue weighted by Crippen LogP contribution is 2.26. The fraction of sp³-hybridized carbons (Fsp3) is 0.571. The molecule has 1 fully saturated rings. The van der Waals surface area contributed by atoms with Crippen LogP contribution in [0.3, 0.4) is 0 Å². The van der Waals surface area contributed by atoms with E-state index in [1.54, 1.807) is 12.1 Å². The monoisotopic (exact) mass is 253 g/mol. The zero-order valence-electron chi connectivity index (χ0n) is 10.6. The summed E-state index contributed by atoms with van der Waals surface area (Å²) < 4.78 is 24.3. The summed E-state index contributed by atoms with van der Waals surface area (Å²) in [6.45, 7) is 3.38. The molecule has 1 aromatic carbocycles. The maximum absolute atomic E-state index is 12.9. The van der Waals surface area contributed by atoms with Crippen LogP contribution in [-0.2, 0) is 9.47 Å². The molecule has 0 saturated carbocycles. The molecule has 2 rings (SSSR count). The van der Waals surface area contributed by atoms with Gasteiger partial charge in [0.05, 0.1) is 18.8 Å². The summed E-state index contributed by atoms with van der Waals surface area (Å²) in [5, 5.41) is 0. The average Bonchev–Trinajstić information content (AvgIpc) is 2.89. The van der Waals surface area contributed by atoms with Crippen molar-refractivity contribution in [3.63, 3.8) is 0 Å². The number of ether oxygens (including phenoxy) is 2. The molecule has 2 N–H and O–H groups in total. The smallest absolute Gasteiger partial charge is 0.123 e. The van der Waals surface area contributed by atoms with Gasteiger partial charge >= 0.3 is 0 Å². The molecule has 18 heavy (non-hydrogen) atoms. The molecule has 0 amide bonds. The number of rotatable bonds is 5. The lowest BCUT2D eigenvalue weighted by molar-refractivity contribution is -0.0301. The van der Waals surface area contributed by atoms with Crippen LogP contribution >= 0.6 is 0 Å². The van der Waals surface area contributed by atoms with E-state index in [0.717, 1.165) is 25.0 Å². The third-order valence-corrected chi connectivity index (χ3v) is 3.29. The number of hydrogen-bond acceptors (Lipinski definition) is 3. The van der Waals surface area contributed by atoms with Crippen molar-refractivity contribution < 1.29 is 13.9 Å². The molecule has 1 aromatic rings. The minimum absolute atomic E-state index is 0.0870. The minimum Gasteiger partial charge on any atom is -0.379 e. The number of nitrogens with two attached hydrogens (primary N) is 1. The van der Waals surface area contributed by atoms with E-state index in [1.165, 1.54) is 12.1 Å². The first-order valence-electron chi connectivity index (χ1n) is 6.45. The topological polar surface area (TPSA) is 44.5 Å². The SMILES string of the molecule is CCC(N)C(OC1CCOC1)c1ccc(F)cc1. The van der Waals surface area contributed by atoms with E-state index in [9.17, 15) is 4.39 Å². The normalized spacial score (nSPS) is 22.9. The Labute approximate surface area is 107 Å². The Morgan fingerprint density at radius 3 is 2.72 bits per heavy atom. The van der Waals surface area contributed by atoms with Gasteiger partial charge in [-0.3, -0.25) is 0 Å². The number of halogens is 1. The zero-order chi connectivity index (χ0) is 13.0. The first kappa shape index (κ1) is 13.5. The third-order valence-electron chi connectivity index (χ3n) is 3.29. The lowest BCUT2D eigenvalue weighted by Gasteiger charge is -2.26. The number of benzene rings is 1. The van der Waals surface area contributed by atoms with Crippen molar-refractivity contribution in [2.45, 2.75) is 38.0 Å². The van der Waals surface area contributed by atoms with E-state index in [4.69, 9.17) is 15.2 Å². The Balaban J connectivity index is 2.10. The molecule has 1 aliphatic rings. The standard InChI is InChI=1S/C14H20FNO2/c1-2-13(16)14(18-12-7-8-17-9-12)10-3-5-11(15)6-4-10/h3-6,12-14H,2,7-9,16H2,1H3. The molecule has 0 aromatic heterocycles. The summed E-state index contributed by atoms with van der Waals surface area (Å²) in [5.74, 6) is -0.244. The van der Waals surface area contributed by atoms with Crippen LogP contribution in [0.1, 0.15) is 31.4 Å². The predicted octanol–water partition coefficient (Wildman–Crippen LogP) is 2.41. The van der Waals surface area contributed by atoms with Crippen LogP contribution < -0.4 is 5.73 Å². The summed E-state index contributed by atoms with van der Waals surface area (Å²) in [5.41, 5.74) is 7.03. The van der Waals surface area contributed by atoms with Gasteiger partial charge < -0.3 is 15.2 Å². The molecule has 1 aliphatic heterocycles. The predicted molar refractivity (Wildman–Crippen MR) is 67.7 cm³/mol. The van der Waals surface area contributed by atoms with Gasteiger partial charge in [0.1, 0.15) is 5.82 Å². The summed E-state index contributed by atoms with van der Waals surface area (Å²) in [4.78, 5) is 0. The second-order valence-electron chi connectivity index (χ2n) is 4.67. The van der Waals surface area contributed by atoms with Crippen LogP contribution in [0.4, 0.5) is 4.39 Å². The van der Waals surface area contributed by atoms with Crippen molar-refractivity contribution in [2.24, 2.45) is 5.73 Å². The molecule has 3 unspecified atom stereocenters. The van der Waals surface area contributed by atoms with Crippen molar-refractivity contribution >= 4 is 0 Å². The van der Waals surface area contributed by atoms with Crippen LogP contribution in [0.25, 0.3) is 0 Å². The Morgan fingerprint density at radius 1 is 1.44 bits per heavy atom. The van der Waals surface area contributed by atoms with E-state index in [0.29, 0.717) is 6.61 Å². The minimum atomic E-state index is -0.244. The van der Waals surface area contributed by atoms with E-state index in [2.05, 4.69) is 0 Å². The molecule has 1 heterocycles. The highest BCUT2D eigenvalue weighted by atomic mass is 19.1.